The van der Waals surface area contributed by atoms with E-state index in [9.17, 15) is 0 Å². The zero-order valence-electron chi connectivity index (χ0n) is 9.69. The average Bonchev–Trinajstić information content (AvgIpc) is 2.78. The first-order valence-corrected chi connectivity index (χ1v) is 6.43. The second-order valence-corrected chi connectivity index (χ2v) is 5.18. The van der Waals surface area contributed by atoms with Gasteiger partial charge in [0, 0.05) is 24.4 Å². The molecule has 1 aliphatic carbocycles. The minimum atomic E-state index is 0.209. The summed E-state index contributed by atoms with van der Waals surface area (Å²) in [6.45, 7) is 0.918. The fourth-order valence-corrected chi connectivity index (χ4v) is 3.27. The summed E-state index contributed by atoms with van der Waals surface area (Å²) < 4.78 is 6.05. The van der Waals surface area contributed by atoms with E-state index in [1.165, 1.54) is 37.8 Å². The molecule has 16 heavy (non-hydrogen) atoms. The maximum atomic E-state index is 6.05. The van der Waals surface area contributed by atoms with Crippen molar-refractivity contribution in [2.45, 2.75) is 50.0 Å². The molecule has 2 aliphatic rings. The molecule has 0 radical (unpaired) electrons. The summed E-state index contributed by atoms with van der Waals surface area (Å²) >= 11 is 0. The van der Waals surface area contributed by atoms with Gasteiger partial charge in [-0.1, -0.05) is 18.9 Å². The lowest BCUT2D eigenvalue weighted by molar-refractivity contribution is -0.0809. The molecule has 2 nitrogen and oxygen atoms in total. The lowest BCUT2D eigenvalue weighted by atomic mass is 9.83. The fraction of sp³-hybridized carbons (Fsp3) is 0.643. The van der Waals surface area contributed by atoms with Crippen molar-refractivity contribution in [1.82, 2.24) is 4.98 Å². The monoisotopic (exact) mass is 217 g/mol. The fourth-order valence-electron chi connectivity index (χ4n) is 3.27. The van der Waals surface area contributed by atoms with Gasteiger partial charge < -0.3 is 4.74 Å². The van der Waals surface area contributed by atoms with Gasteiger partial charge in [-0.2, -0.15) is 0 Å². The van der Waals surface area contributed by atoms with Crippen molar-refractivity contribution in [3.63, 3.8) is 0 Å². The first kappa shape index (κ1) is 10.3. The van der Waals surface area contributed by atoms with E-state index in [1.807, 2.05) is 12.3 Å². The molecule has 1 aliphatic heterocycles. The quantitative estimate of drug-likeness (QED) is 0.720. The van der Waals surface area contributed by atoms with Crippen LogP contribution in [0.2, 0.25) is 0 Å². The minimum absolute atomic E-state index is 0.209. The summed E-state index contributed by atoms with van der Waals surface area (Å²) in [5.74, 6) is 0.619. The first-order chi connectivity index (χ1) is 7.88. The smallest absolute Gasteiger partial charge is 0.0689 e. The van der Waals surface area contributed by atoms with Crippen LogP contribution in [0.1, 0.15) is 50.1 Å². The van der Waals surface area contributed by atoms with Gasteiger partial charge in [0.05, 0.1) is 5.60 Å². The third kappa shape index (κ3) is 1.86. The van der Waals surface area contributed by atoms with Gasteiger partial charge in [0.1, 0.15) is 0 Å². The van der Waals surface area contributed by atoms with Crippen LogP contribution < -0.4 is 0 Å². The second kappa shape index (κ2) is 4.17. The van der Waals surface area contributed by atoms with Crippen LogP contribution in [0.25, 0.3) is 0 Å². The molecule has 0 N–H and O–H groups in total. The van der Waals surface area contributed by atoms with Crippen molar-refractivity contribution in [3.05, 3.63) is 30.1 Å². The molecule has 0 amide bonds. The van der Waals surface area contributed by atoms with Crippen LogP contribution >= 0.6 is 0 Å². The molecule has 1 aromatic heterocycles. The first-order valence-electron chi connectivity index (χ1n) is 6.43. The molecule has 1 spiro atoms. The van der Waals surface area contributed by atoms with Crippen molar-refractivity contribution in [1.29, 1.82) is 0 Å². The van der Waals surface area contributed by atoms with E-state index < -0.39 is 0 Å². The SMILES string of the molecule is c1ccc(C2CCOC3(CCCC3)C2)nc1. The van der Waals surface area contributed by atoms with Gasteiger partial charge in [-0.15, -0.1) is 0 Å². The zero-order valence-corrected chi connectivity index (χ0v) is 9.69. The van der Waals surface area contributed by atoms with Crippen LogP contribution in [-0.2, 0) is 4.74 Å². The minimum Gasteiger partial charge on any atom is -0.375 e. The number of pyridine rings is 1. The van der Waals surface area contributed by atoms with Gasteiger partial charge in [-0.3, -0.25) is 4.98 Å². The molecule has 1 unspecified atom stereocenters. The molecule has 3 rings (SSSR count). The Labute approximate surface area is 97.0 Å². The molecule has 1 saturated carbocycles. The van der Waals surface area contributed by atoms with Crippen LogP contribution in [0.3, 0.4) is 0 Å². The largest absolute Gasteiger partial charge is 0.375 e. The Morgan fingerprint density at radius 1 is 1.25 bits per heavy atom. The molecule has 1 saturated heterocycles. The van der Waals surface area contributed by atoms with Crippen molar-refractivity contribution < 1.29 is 4.74 Å². The van der Waals surface area contributed by atoms with E-state index in [4.69, 9.17) is 4.74 Å². The molecule has 2 heteroatoms. The molecule has 86 valence electrons. The molecular weight excluding hydrogens is 198 g/mol. The van der Waals surface area contributed by atoms with Crippen LogP contribution in [-0.4, -0.2) is 17.2 Å². The summed E-state index contributed by atoms with van der Waals surface area (Å²) in [5.41, 5.74) is 1.47. The van der Waals surface area contributed by atoms with Gasteiger partial charge in [0.2, 0.25) is 0 Å². The van der Waals surface area contributed by atoms with Crippen molar-refractivity contribution in [2.75, 3.05) is 6.61 Å². The number of hydrogen-bond donors (Lipinski definition) is 0. The highest BCUT2D eigenvalue weighted by atomic mass is 16.5. The Kier molecular flexibility index (Phi) is 2.68. The molecule has 0 bridgehead atoms. The van der Waals surface area contributed by atoms with Crippen LogP contribution in [0, 0.1) is 0 Å². The highest BCUT2D eigenvalue weighted by Crippen LogP contribution is 2.44. The van der Waals surface area contributed by atoms with Crippen molar-refractivity contribution in [3.8, 4) is 0 Å². The summed E-state index contributed by atoms with van der Waals surface area (Å²) in [4.78, 5) is 4.50. The zero-order chi connectivity index (χ0) is 10.8. The van der Waals surface area contributed by atoms with E-state index in [0.717, 1.165) is 13.0 Å². The van der Waals surface area contributed by atoms with Crippen LogP contribution in [0.4, 0.5) is 0 Å². The van der Waals surface area contributed by atoms with Crippen LogP contribution in [0.5, 0.6) is 0 Å². The lowest BCUT2D eigenvalue weighted by Gasteiger charge is -2.38. The molecular formula is C14H19NO. The van der Waals surface area contributed by atoms with Gasteiger partial charge in [-0.25, -0.2) is 0 Å². The molecule has 0 aromatic carbocycles. The average molecular weight is 217 g/mol. The number of hydrogen-bond acceptors (Lipinski definition) is 2. The van der Waals surface area contributed by atoms with Crippen molar-refractivity contribution >= 4 is 0 Å². The standard InChI is InChI=1S/C14H19NO/c1-4-9-15-13(5-1)12-6-10-16-14(11-12)7-2-3-8-14/h1,4-5,9,12H,2-3,6-8,10-11H2. The van der Waals surface area contributed by atoms with E-state index in [0.29, 0.717) is 5.92 Å². The van der Waals surface area contributed by atoms with Crippen molar-refractivity contribution in [2.24, 2.45) is 0 Å². The van der Waals surface area contributed by atoms with E-state index >= 15 is 0 Å². The topological polar surface area (TPSA) is 22.1 Å². The number of nitrogens with zero attached hydrogens (tertiary/aromatic N) is 1. The lowest BCUT2D eigenvalue weighted by Crippen LogP contribution is -2.36. The Hall–Kier alpha value is -0.890. The Balaban J connectivity index is 1.77. The number of rotatable bonds is 1. The Bertz CT molecular complexity index is 343. The second-order valence-electron chi connectivity index (χ2n) is 5.18. The highest BCUT2D eigenvalue weighted by molar-refractivity contribution is 5.12. The molecule has 1 atom stereocenters. The molecule has 2 fully saturated rings. The predicted molar refractivity (Wildman–Crippen MR) is 63.4 cm³/mol. The van der Waals surface area contributed by atoms with Gasteiger partial charge in [0.15, 0.2) is 0 Å². The molecule has 2 heterocycles. The van der Waals surface area contributed by atoms with Gasteiger partial charge in [-0.05, 0) is 37.8 Å². The normalized spacial score (nSPS) is 28.4. The van der Waals surface area contributed by atoms with E-state index in [1.54, 1.807) is 0 Å². The third-order valence-corrected chi connectivity index (χ3v) is 4.11. The maximum Gasteiger partial charge on any atom is 0.0689 e. The summed E-state index contributed by atoms with van der Waals surface area (Å²) in [5, 5.41) is 0. The summed E-state index contributed by atoms with van der Waals surface area (Å²) in [6, 6.07) is 6.26. The molecule has 1 aromatic rings. The predicted octanol–water partition coefficient (Wildman–Crippen LogP) is 3.29. The van der Waals surface area contributed by atoms with Gasteiger partial charge in [0.25, 0.3) is 0 Å². The Morgan fingerprint density at radius 2 is 2.12 bits per heavy atom. The number of ether oxygens (including phenoxy) is 1. The van der Waals surface area contributed by atoms with E-state index in [2.05, 4.69) is 17.1 Å². The van der Waals surface area contributed by atoms with Gasteiger partial charge >= 0.3 is 0 Å². The number of aromatic nitrogens is 1. The summed E-state index contributed by atoms with van der Waals surface area (Å²) in [7, 11) is 0. The summed E-state index contributed by atoms with van der Waals surface area (Å²) in [6.07, 6.45) is 9.44. The Morgan fingerprint density at radius 3 is 2.88 bits per heavy atom. The highest BCUT2D eigenvalue weighted by Gasteiger charge is 2.40. The van der Waals surface area contributed by atoms with Crippen LogP contribution in [0.15, 0.2) is 24.4 Å². The third-order valence-electron chi connectivity index (χ3n) is 4.11. The van der Waals surface area contributed by atoms with E-state index in [-0.39, 0.29) is 5.60 Å². The maximum absolute atomic E-state index is 6.05.